The van der Waals surface area contributed by atoms with Crippen LogP contribution in [0, 0.1) is 25.2 Å². The Balaban J connectivity index is 1.70. The molecule has 0 spiro atoms. The van der Waals surface area contributed by atoms with Crippen molar-refractivity contribution >= 4 is 16.7 Å². The highest BCUT2D eigenvalue weighted by molar-refractivity contribution is 5.88. The lowest BCUT2D eigenvalue weighted by atomic mass is 10.0. The van der Waals surface area contributed by atoms with E-state index in [1.54, 1.807) is 0 Å². The predicted octanol–water partition coefficient (Wildman–Crippen LogP) is 4.44. The molecule has 3 rings (SSSR count). The highest BCUT2D eigenvalue weighted by Gasteiger charge is 2.11. The van der Waals surface area contributed by atoms with Gasteiger partial charge in [0.1, 0.15) is 31.1 Å². The Labute approximate surface area is 170 Å². The summed E-state index contributed by atoms with van der Waals surface area (Å²) in [7, 11) is 0. The quantitative estimate of drug-likeness (QED) is 0.579. The van der Waals surface area contributed by atoms with Crippen LogP contribution in [0.4, 0.5) is 0 Å². The van der Waals surface area contributed by atoms with Crippen molar-refractivity contribution in [2.75, 3.05) is 13.2 Å². The SMILES string of the molecule is Cc1ccc(C)c(OCCOc2ccc3ccccc3c2CNC(=O)CC#N)c1. The van der Waals surface area contributed by atoms with Crippen LogP contribution < -0.4 is 14.8 Å². The fraction of sp³-hybridized carbons (Fsp3) is 0.250. The van der Waals surface area contributed by atoms with Gasteiger partial charge in [-0.1, -0.05) is 42.5 Å². The molecule has 0 aliphatic carbocycles. The highest BCUT2D eigenvalue weighted by Crippen LogP contribution is 2.28. The van der Waals surface area contributed by atoms with E-state index in [0.717, 1.165) is 33.2 Å². The van der Waals surface area contributed by atoms with E-state index in [1.165, 1.54) is 0 Å². The smallest absolute Gasteiger partial charge is 0.234 e. The standard InChI is InChI=1S/C24H24N2O3/c1-17-7-8-18(2)23(15-17)29-14-13-28-22-10-9-19-5-3-4-6-20(19)21(22)16-26-24(27)11-12-25/h3-10,15H,11,13-14,16H2,1-2H3,(H,26,27). The maximum absolute atomic E-state index is 11.7. The highest BCUT2D eigenvalue weighted by atomic mass is 16.5. The van der Waals surface area contributed by atoms with Crippen molar-refractivity contribution in [3.63, 3.8) is 0 Å². The summed E-state index contributed by atoms with van der Waals surface area (Å²) in [5.74, 6) is 1.26. The number of benzene rings is 3. The van der Waals surface area contributed by atoms with Gasteiger partial charge in [-0.25, -0.2) is 0 Å². The monoisotopic (exact) mass is 388 g/mol. The first kappa shape index (κ1) is 20.2. The van der Waals surface area contributed by atoms with E-state index < -0.39 is 0 Å². The molecule has 0 aliphatic heterocycles. The summed E-state index contributed by atoms with van der Waals surface area (Å²) in [6, 6.07) is 19.8. The molecule has 1 N–H and O–H groups in total. The van der Waals surface area contributed by atoms with E-state index in [9.17, 15) is 4.79 Å². The zero-order valence-electron chi connectivity index (χ0n) is 16.7. The third kappa shape index (κ3) is 5.26. The number of nitriles is 1. The molecule has 3 aromatic carbocycles. The molecule has 0 saturated carbocycles. The minimum atomic E-state index is -0.301. The van der Waals surface area contributed by atoms with Gasteiger partial charge < -0.3 is 14.8 Å². The van der Waals surface area contributed by atoms with E-state index in [-0.39, 0.29) is 12.3 Å². The van der Waals surface area contributed by atoms with Crippen molar-refractivity contribution in [3.8, 4) is 17.6 Å². The molecule has 0 saturated heterocycles. The Kier molecular flexibility index (Phi) is 6.70. The molecule has 29 heavy (non-hydrogen) atoms. The number of ether oxygens (including phenoxy) is 2. The number of hydrogen-bond acceptors (Lipinski definition) is 4. The summed E-state index contributed by atoms with van der Waals surface area (Å²) < 4.78 is 11.9. The van der Waals surface area contributed by atoms with Gasteiger partial charge in [-0.2, -0.15) is 5.26 Å². The maximum Gasteiger partial charge on any atom is 0.234 e. The zero-order valence-corrected chi connectivity index (χ0v) is 16.7. The molecule has 0 aromatic heterocycles. The topological polar surface area (TPSA) is 71.3 Å². The van der Waals surface area contributed by atoms with Gasteiger partial charge in [0.25, 0.3) is 0 Å². The van der Waals surface area contributed by atoms with Gasteiger partial charge in [0, 0.05) is 12.1 Å². The van der Waals surface area contributed by atoms with Crippen molar-refractivity contribution in [2.24, 2.45) is 0 Å². The second kappa shape index (κ2) is 9.61. The summed E-state index contributed by atoms with van der Waals surface area (Å²) >= 11 is 0. The number of carbonyl (C=O) groups is 1. The lowest BCUT2D eigenvalue weighted by Gasteiger charge is -2.16. The molecule has 0 heterocycles. The van der Waals surface area contributed by atoms with Gasteiger partial charge in [0.15, 0.2) is 0 Å². The van der Waals surface area contributed by atoms with Gasteiger partial charge in [-0.05, 0) is 47.9 Å². The Hall–Kier alpha value is -3.52. The van der Waals surface area contributed by atoms with Gasteiger partial charge in [0.05, 0.1) is 6.07 Å². The number of nitrogens with one attached hydrogen (secondary N) is 1. The number of carbonyl (C=O) groups excluding carboxylic acids is 1. The number of amides is 1. The molecular weight excluding hydrogens is 364 g/mol. The lowest BCUT2D eigenvalue weighted by Crippen LogP contribution is -2.22. The third-order valence-corrected chi connectivity index (χ3v) is 4.64. The summed E-state index contributed by atoms with van der Waals surface area (Å²) in [6.07, 6.45) is -0.162. The van der Waals surface area contributed by atoms with E-state index >= 15 is 0 Å². The first-order chi connectivity index (χ1) is 14.1. The van der Waals surface area contributed by atoms with Crippen LogP contribution in [0.25, 0.3) is 10.8 Å². The minimum absolute atomic E-state index is 0.162. The normalized spacial score (nSPS) is 10.4. The van der Waals surface area contributed by atoms with Crippen LogP contribution in [-0.4, -0.2) is 19.1 Å². The lowest BCUT2D eigenvalue weighted by molar-refractivity contribution is -0.120. The van der Waals surface area contributed by atoms with E-state index in [0.29, 0.717) is 25.5 Å². The molecule has 0 radical (unpaired) electrons. The molecule has 148 valence electrons. The Morgan fingerprint density at radius 3 is 2.55 bits per heavy atom. The van der Waals surface area contributed by atoms with Crippen molar-refractivity contribution in [1.29, 1.82) is 5.26 Å². The first-order valence-electron chi connectivity index (χ1n) is 9.55. The molecule has 5 heteroatoms. The average molecular weight is 388 g/mol. The summed E-state index contributed by atoms with van der Waals surface area (Å²) in [5.41, 5.74) is 3.12. The first-order valence-corrected chi connectivity index (χ1v) is 9.55. The van der Waals surface area contributed by atoms with Crippen molar-refractivity contribution in [2.45, 2.75) is 26.8 Å². The number of fused-ring (bicyclic) bond motifs is 1. The van der Waals surface area contributed by atoms with Crippen LogP contribution in [0.15, 0.2) is 54.6 Å². The van der Waals surface area contributed by atoms with Gasteiger partial charge in [0.2, 0.25) is 5.91 Å². The zero-order chi connectivity index (χ0) is 20.6. The number of aryl methyl sites for hydroxylation is 2. The Morgan fingerprint density at radius 2 is 1.76 bits per heavy atom. The second-order valence-corrected chi connectivity index (χ2v) is 6.84. The van der Waals surface area contributed by atoms with Crippen molar-refractivity contribution < 1.29 is 14.3 Å². The van der Waals surface area contributed by atoms with Crippen LogP contribution in [0.3, 0.4) is 0 Å². The van der Waals surface area contributed by atoms with Gasteiger partial charge >= 0.3 is 0 Å². The molecule has 0 atom stereocenters. The van der Waals surface area contributed by atoms with Crippen LogP contribution in [0.1, 0.15) is 23.1 Å². The van der Waals surface area contributed by atoms with Crippen molar-refractivity contribution in [1.82, 2.24) is 5.32 Å². The second-order valence-electron chi connectivity index (χ2n) is 6.84. The van der Waals surface area contributed by atoms with Crippen LogP contribution >= 0.6 is 0 Å². The average Bonchev–Trinajstić information content (AvgIpc) is 2.72. The van der Waals surface area contributed by atoms with Gasteiger partial charge in [-0.15, -0.1) is 0 Å². The van der Waals surface area contributed by atoms with Crippen LogP contribution in [0.2, 0.25) is 0 Å². The van der Waals surface area contributed by atoms with Crippen LogP contribution in [0.5, 0.6) is 11.5 Å². The maximum atomic E-state index is 11.7. The number of hydrogen-bond donors (Lipinski definition) is 1. The Bertz CT molecular complexity index is 1050. The number of nitrogens with zero attached hydrogens (tertiary/aromatic N) is 1. The third-order valence-electron chi connectivity index (χ3n) is 4.64. The van der Waals surface area contributed by atoms with Crippen LogP contribution in [-0.2, 0) is 11.3 Å². The largest absolute Gasteiger partial charge is 0.490 e. The molecule has 1 amide bonds. The fourth-order valence-electron chi connectivity index (χ4n) is 3.12. The molecule has 0 bridgehead atoms. The van der Waals surface area contributed by atoms with E-state index in [1.807, 2.05) is 68.4 Å². The molecule has 0 fully saturated rings. The molecule has 3 aromatic rings. The fourth-order valence-corrected chi connectivity index (χ4v) is 3.12. The van der Waals surface area contributed by atoms with Crippen molar-refractivity contribution in [3.05, 3.63) is 71.3 Å². The molecule has 0 aliphatic rings. The molecular formula is C24H24N2O3. The Morgan fingerprint density at radius 1 is 1.00 bits per heavy atom. The molecule has 5 nitrogen and oxygen atoms in total. The number of rotatable bonds is 8. The van der Waals surface area contributed by atoms with E-state index in [2.05, 4.69) is 11.4 Å². The minimum Gasteiger partial charge on any atom is -0.490 e. The summed E-state index contributed by atoms with van der Waals surface area (Å²) in [4.78, 5) is 11.7. The molecule has 0 unspecified atom stereocenters. The summed E-state index contributed by atoms with van der Waals surface area (Å²) in [5, 5.41) is 13.6. The predicted molar refractivity (Wildman–Crippen MR) is 113 cm³/mol. The summed E-state index contributed by atoms with van der Waals surface area (Å²) in [6.45, 7) is 5.14. The van der Waals surface area contributed by atoms with E-state index in [4.69, 9.17) is 14.7 Å². The van der Waals surface area contributed by atoms with Gasteiger partial charge in [-0.3, -0.25) is 4.79 Å².